The van der Waals surface area contributed by atoms with Gasteiger partial charge in [-0.25, -0.2) is 8.42 Å². The number of sulfonamides is 1. The summed E-state index contributed by atoms with van der Waals surface area (Å²) in [5, 5.41) is 2.73. The van der Waals surface area contributed by atoms with Gasteiger partial charge in [0.05, 0.1) is 22.8 Å². The molecule has 0 bridgehead atoms. The predicted molar refractivity (Wildman–Crippen MR) is 122 cm³/mol. The van der Waals surface area contributed by atoms with Gasteiger partial charge in [0.25, 0.3) is 11.8 Å². The topological polar surface area (TPSA) is 105 Å². The lowest BCUT2D eigenvalue weighted by Crippen LogP contribution is -2.50. The third kappa shape index (κ3) is 4.40. The number of fused-ring (bicyclic) bond motifs is 1. The molecular weight excluding hydrogens is 446 g/mol. The Balaban J connectivity index is 1.51. The Kier molecular flexibility index (Phi) is 6.31. The number of carbonyl (C=O) groups excluding carboxylic acids is 2. The second kappa shape index (κ2) is 9.03. The number of hydrogen-bond donors (Lipinski definition) is 1. The number of nitrogens with one attached hydrogen (secondary N) is 1. The lowest BCUT2D eigenvalue weighted by Gasteiger charge is -2.34. The number of piperazine rings is 1. The predicted octanol–water partition coefficient (Wildman–Crippen LogP) is 2.26. The summed E-state index contributed by atoms with van der Waals surface area (Å²) >= 11 is 0. The maximum atomic E-state index is 13.4. The molecule has 2 aliphatic rings. The van der Waals surface area contributed by atoms with E-state index in [4.69, 9.17) is 9.47 Å². The molecule has 2 amide bonds. The molecule has 0 spiro atoms. The summed E-state index contributed by atoms with van der Waals surface area (Å²) in [6.45, 7) is 6.48. The van der Waals surface area contributed by atoms with Gasteiger partial charge in [0.2, 0.25) is 10.0 Å². The van der Waals surface area contributed by atoms with Crippen LogP contribution in [0.1, 0.15) is 29.8 Å². The van der Waals surface area contributed by atoms with E-state index in [1.807, 2.05) is 13.0 Å². The third-order valence-electron chi connectivity index (χ3n) is 5.77. The first kappa shape index (κ1) is 23.1. The van der Waals surface area contributed by atoms with Gasteiger partial charge in [-0.2, -0.15) is 4.31 Å². The molecule has 1 fully saturated rings. The number of amides is 2. The van der Waals surface area contributed by atoms with Crippen molar-refractivity contribution >= 4 is 27.5 Å². The summed E-state index contributed by atoms with van der Waals surface area (Å²) in [5.74, 6) is 0.391. The highest BCUT2D eigenvalue weighted by atomic mass is 32.2. The number of rotatable bonds is 5. The number of hydrogen-bond acceptors (Lipinski definition) is 6. The molecule has 1 N–H and O–H groups in total. The summed E-state index contributed by atoms with van der Waals surface area (Å²) in [6, 6.07) is 10.1. The van der Waals surface area contributed by atoms with Crippen molar-refractivity contribution in [2.45, 2.75) is 31.8 Å². The molecule has 10 heteroatoms. The minimum Gasteiger partial charge on any atom is -0.493 e. The molecule has 1 atom stereocenters. The molecule has 0 unspecified atom stereocenters. The SMILES string of the molecule is CCOc1ccccc1C(=O)N1CCN(S(=O)(=O)c2cc3c(cc2C)NC(=O)[C@H](C)O3)CC1. The van der Waals surface area contributed by atoms with Gasteiger partial charge in [0.1, 0.15) is 11.5 Å². The van der Waals surface area contributed by atoms with Crippen LogP contribution in [0.25, 0.3) is 0 Å². The fourth-order valence-electron chi connectivity index (χ4n) is 3.99. The summed E-state index contributed by atoms with van der Waals surface area (Å²) in [6.07, 6.45) is -0.704. The Labute approximate surface area is 193 Å². The van der Waals surface area contributed by atoms with E-state index in [0.29, 0.717) is 34.9 Å². The Morgan fingerprint density at radius 3 is 2.58 bits per heavy atom. The van der Waals surface area contributed by atoms with Gasteiger partial charge in [-0.15, -0.1) is 0 Å². The normalized spacial score (nSPS) is 18.8. The lowest BCUT2D eigenvalue weighted by molar-refractivity contribution is -0.122. The van der Waals surface area contributed by atoms with Gasteiger partial charge in [-0.3, -0.25) is 9.59 Å². The van der Waals surface area contributed by atoms with Gasteiger partial charge in [-0.05, 0) is 44.5 Å². The van der Waals surface area contributed by atoms with Crippen LogP contribution in [0.3, 0.4) is 0 Å². The number of para-hydroxylation sites is 1. The molecular formula is C23H27N3O6S. The average molecular weight is 474 g/mol. The van der Waals surface area contributed by atoms with E-state index in [1.54, 1.807) is 43.0 Å². The lowest BCUT2D eigenvalue weighted by atomic mass is 10.1. The Hall–Kier alpha value is -3.11. The van der Waals surface area contributed by atoms with Gasteiger partial charge in [-0.1, -0.05) is 12.1 Å². The van der Waals surface area contributed by atoms with Crippen LogP contribution in [0, 0.1) is 6.92 Å². The van der Waals surface area contributed by atoms with Gasteiger partial charge in [0, 0.05) is 32.2 Å². The first-order valence-corrected chi connectivity index (χ1v) is 12.3. The van der Waals surface area contributed by atoms with Crippen LogP contribution in [-0.2, 0) is 14.8 Å². The molecule has 2 aliphatic heterocycles. The maximum Gasteiger partial charge on any atom is 0.265 e. The summed E-state index contributed by atoms with van der Waals surface area (Å²) < 4.78 is 39.3. The van der Waals surface area contributed by atoms with E-state index in [2.05, 4.69) is 5.32 Å². The number of nitrogens with zero attached hydrogens (tertiary/aromatic N) is 2. The number of anilines is 1. The first-order valence-electron chi connectivity index (χ1n) is 10.9. The highest BCUT2D eigenvalue weighted by Crippen LogP contribution is 2.35. The standard InChI is InChI=1S/C23H27N3O6S/c1-4-31-19-8-6-5-7-17(19)23(28)25-9-11-26(12-10-25)33(29,30)21-14-20-18(13-15(21)2)24-22(27)16(3)32-20/h5-8,13-14,16H,4,9-12H2,1-3H3,(H,24,27)/t16-/m0/s1. The van der Waals surface area contributed by atoms with E-state index in [0.717, 1.165) is 0 Å². The van der Waals surface area contributed by atoms with Gasteiger partial charge < -0.3 is 19.7 Å². The van der Waals surface area contributed by atoms with Crippen molar-refractivity contribution in [1.82, 2.24) is 9.21 Å². The molecule has 0 aromatic heterocycles. The van der Waals surface area contributed by atoms with Crippen molar-refractivity contribution in [2.24, 2.45) is 0 Å². The van der Waals surface area contributed by atoms with Gasteiger partial charge in [0.15, 0.2) is 6.10 Å². The fraction of sp³-hybridized carbons (Fsp3) is 0.391. The van der Waals surface area contributed by atoms with Crippen molar-refractivity contribution in [3.63, 3.8) is 0 Å². The molecule has 0 radical (unpaired) electrons. The molecule has 2 aromatic rings. The summed E-state index contributed by atoms with van der Waals surface area (Å²) in [7, 11) is -3.81. The van der Waals surface area contributed by atoms with Crippen molar-refractivity contribution in [3.8, 4) is 11.5 Å². The minimum atomic E-state index is -3.81. The molecule has 9 nitrogen and oxygen atoms in total. The zero-order chi connectivity index (χ0) is 23.8. The molecule has 0 saturated carbocycles. The smallest absolute Gasteiger partial charge is 0.265 e. The second-order valence-corrected chi connectivity index (χ2v) is 9.90. The van der Waals surface area contributed by atoms with E-state index in [1.165, 1.54) is 10.4 Å². The molecule has 176 valence electrons. The Morgan fingerprint density at radius 1 is 1.18 bits per heavy atom. The molecule has 33 heavy (non-hydrogen) atoms. The van der Waals surface area contributed by atoms with Crippen LogP contribution in [-0.4, -0.2) is 68.3 Å². The van der Waals surface area contributed by atoms with Crippen LogP contribution in [0.15, 0.2) is 41.3 Å². The zero-order valence-electron chi connectivity index (χ0n) is 18.8. The van der Waals surface area contributed by atoms with Crippen molar-refractivity contribution < 1.29 is 27.5 Å². The monoisotopic (exact) mass is 473 g/mol. The second-order valence-electron chi connectivity index (χ2n) is 7.99. The quantitative estimate of drug-likeness (QED) is 0.714. The largest absolute Gasteiger partial charge is 0.493 e. The van der Waals surface area contributed by atoms with Crippen molar-refractivity contribution in [2.75, 3.05) is 38.1 Å². The van der Waals surface area contributed by atoms with Crippen LogP contribution < -0.4 is 14.8 Å². The molecule has 1 saturated heterocycles. The number of carbonyl (C=O) groups is 2. The van der Waals surface area contributed by atoms with Gasteiger partial charge >= 0.3 is 0 Å². The minimum absolute atomic E-state index is 0.131. The molecule has 2 heterocycles. The maximum absolute atomic E-state index is 13.4. The van der Waals surface area contributed by atoms with E-state index < -0.39 is 16.1 Å². The number of aryl methyl sites for hydroxylation is 1. The summed E-state index contributed by atoms with van der Waals surface area (Å²) in [4.78, 5) is 26.6. The van der Waals surface area contributed by atoms with Crippen LogP contribution in [0.4, 0.5) is 5.69 Å². The van der Waals surface area contributed by atoms with E-state index >= 15 is 0 Å². The Bertz CT molecular complexity index is 1190. The van der Waals surface area contributed by atoms with Crippen molar-refractivity contribution in [3.05, 3.63) is 47.5 Å². The molecule has 0 aliphatic carbocycles. The summed E-state index contributed by atoms with van der Waals surface area (Å²) in [5.41, 5.74) is 1.43. The highest BCUT2D eigenvalue weighted by molar-refractivity contribution is 7.89. The average Bonchev–Trinajstić information content (AvgIpc) is 2.80. The molecule has 4 rings (SSSR count). The number of benzene rings is 2. The zero-order valence-corrected chi connectivity index (χ0v) is 19.6. The Morgan fingerprint density at radius 2 is 1.88 bits per heavy atom. The first-order chi connectivity index (χ1) is 15.7. The third-order valence-corrected chi connectivity index (χ3v) is 7.81. The molecule has 2 aromatic carbocycles. The van der Waals surface area contributed by atoms with E-state index in [-0.39, 0.29) is 42.9 Å². The fourth-order valence-corrected chi connectivity index (χ4v) is 5.63. The number of ether oxygens (including phenoxy) is 2. The highest BCUT2D eigenvalue weighted by Gasteiger charge is 2.34. The van der Waals surface area contributed by atoms with Crippen LogP contribution in [0.5, 0.6) is 11.5 Å². The van der Waals surface area contributed by atoms with Crippen LogP contribution >= 0.6 is 0 Å². The van der Waals surface area contributed by atoms with Crippen molar-refractivity contribution in [1.29, 1.82) is 0 Å². The van der Waals surface area contributed by atoms with Crippen LogP contribution in [0.2, 0.25) is 0 Å². The van der Waals surface area contributed by atoms with E-state index in [9.17, 15) is 18.0 Å².